The van der Waals surface area contributed by atoms with Gasteiger partial charge in [0, 0.05) is 12.6 Å². The highest BCUT2D eigenvalue weighted by atomic mass is 35.5. The zero-order chi connectivity index (χ0) is 15.5. The van der Waals surface area contributed by atoms with Crippen LogP contribution in [-0.4, -0.2) is 14.5 Å². The summed E-state index contributed by atoms with van der Waals surface area (Å²) in [4.78, 5) is 0.128. The number of hydrogen-bond donors (Lipinski definition) is 2. The molecule has 1 aromatic carbocycles. The summed E-state index contributed by atoms with van der Waals surface area (Å²) in [7, 11) is -3.61. The van der Waals surface area contributed by atoms with E-state index >= 15 is 0 Å². The SMILES string of the molecule is CC1CCCCCC1NS(=O)(=O)c1cc(CN)ccc1Cl. The molecule has 3 N–H and O–H groups in total. The molecule has 0 aliphatic heterocycles. The van der Waals surface area contributed by atoms with E-state index in [1.165, 1.54) is 12.8 Å². The number of nitrogens with two attached hydrogens (primary N) is 1. The molecular formula is C15H23ClN2O2S. The summed E-state index contributed by atoms with van der Waals surface area (Å²) in [5.41, 5.74) is 6.34. The van der Waals surface area contributed by atoms with Crippen LogP contribution >= 0.6 is 11.6 Å². The maximum Gasteiger partial charge on any atom is 0.242 e. The molecule has 2 unspecified atom stereocenters. The molecule has 21 heavy (non-hydrogen) atoms. The van der Waals surface area contributed by atoms with Gasteiger partial charge < -0.3 is 5.73 Å². The van der Waals surface area contributed by atoms with Crippen LogP contribution < -0.4 is 10.5 Å². The predicted molar refractivity (Wildman–Crippen MR) is 85.7 cm³/mol. The Bertz CT molecular complexity index is 589. The first-order valence-corrected chi connectivity index (χ1v) is 9.31. The van der Waals surface area contributed by atoms with Gasteiger partial charge in [0.2, 0.25) is 10.0 Å². The summed E-state index contributed by atoms with van der Waals surface area (Å²) in [6.07, 6.45) is 5.35. The van der Waals surface area contributed by atoms with Crippen molar-refractivity contribution in [1.82, 2.24) is 4.72 Å². The van der Waals surface area contributed by atoms with Crippen LogP contribution in [0.2, 0.25) is 5.02 Å². The van der Waals surface area contributed by atoms with Gasteiger partial charge in [0.15, 0.2) is 0 Å². The molecule has 0 bridgehead atoms. The smallest absolute Gasteiger partial charge is 0.242 e. The monoisotopic (exact) mass is 330 g/mol. The Kier molecular flexibility index (Phi) is 5.66. The van der Waals surface area contributed by atoms with Crippen molar-refractivity contribution < 1.29 is 8.42 Å². The Hall–Kier alpha value is -0.620. The van der Waals surface area contributed by atoms with Crippen LogP contribution in [0.3, 0.4) is 0 Å². The van der Waals surface area contributed by atoms with Gasteiger partial charge in [-0.3, -0.25) is 0 Å². The number of sulfonamides is 1. The van der Waals surface area contributed by atoms with E-state index in [2.05, 4.69) is 11.6 Å². The summed E-state index contributed by atoms with van der Waals surface area (Å²) in [6.45, 7) is 2.40. The van der Waals surface area contributed by atoms with Crippen molar-refractivity contribution >= 4 is 21.6 Å². The van der Waals surface area contributed by atoms with Gasteiger partial charge in [-0.25, -0.2) is 13.1 Å². The van der Waals surface area contributed by atoms with Gasteiger partial charge in [0.1, 0.15) is 4.90 Å². The van der Waals surface area contributed by atoms with Crippen molar-refractivity contribution in [3.8, 4) is 0 Å². The third-order valence-electron chi connectivity index (χ3n) is 4.19. The fraction of sp³-hybridized carbons (Fsp3) is 0.600. The van der Waals surface area contributed by atoms with Crippen molar-refractivity contribution in [2.75, 3.05) is 0 Å². The lowest BCUT2D eigenvalue weighted by Gasteiger charge is -2.23. The van der Waals surface area contributed by atoms with E-state index in [0.29, 0.717) is 12.5 Å². The Labute approximate surface area is 132 Å². The highest BCUT2D eigenvalue weighted by molar-refractivity contribution is 7.89. The lowest BCUT2D eigenvalue weighted by molar-refractivity contribution is 0.399. The number of hydrogen-bond acceptors (Lipinski definition) is 3. The Balaban J connectivity index is 2.25. The third kappa shape index (κ3) is 4.19. The van der Waals surface area contributed by atoms with E-state index in [1.54, 1.807) is 18.2 Å². The number of nitrogens with one attached hydrogen (secondary N) is 1. The van der Waals surface area contributed by atoms with Crippen molar-refractivity contribution in [3.63, 3.8) is 0 Å². The molecule has 1 aliphatic carbocycles. The fourth-order valence-corrected chi connectivity index (χ4v) is 4.74. The van der Waals surface area contributed by atoms with E-state index < -0.39 is 10.0 Å². The second-order valence-electron chi connectivity index (χ2n) is 5.81. The summed E-state index contributed by atoms with van der Waals surface area (Å²) in [6, 6.07) is 4.88. The Morgan fingerprint density at radius 2 is 2.00 bits per heavy atom. The Morgan fingerprint density at radius 3 is 2.71 bits per heavy atom. The van der Waals surface area contributed by atoms with E-state index in [9.17, 15) is 8.42 Å². The third-order valence-corrected chi connectivity index (χ3v) is 6.16. The molecule has 1 aliphatic rings. The van der Waals surface area contributed by atoms with Crippen LogP contribution in [0.1, 0.15) is 44.6 Å². The normalized spacial score (nSPS) is 23.8. The molecule has 0 amide bonds. The number of benzene rings is 1. The maximum atomic E-state index is 12.6. The van der Waals surface area contributed by atoms with Crippen LogP contribution in [0.25, 0.3) is 0 Å². The van der Waals surface area contributed by atoms with Crippen molar-refractivity contribution in [2.24, 2.45) is 11.7 Å². The summed E-state index contributed by atoms with van der Waals surface area (Å²) in [5.74, 6) is 0.346. The largest absolute Gasteiger partial charge is 0.326 e. The van der Waals surface area contributed by atoms with E-state index in [4.69, 9.17) is 17.3 Å². The lowest BCUT2D eigenvalue weighted by atomic mass is 9.98. The van der Waals surface area contributed by atoms with Crippen LogP contribution in [0.5, 0.6) is 0 Å². The predicted octanol–water partition coefficient (Wildman–Crippen LogP) is 3.05. The van der Waals surface area contributed by atoms with E-state index in [1.807, 2.05) is 0 Å². The average molecular weight is 331 g/mol. The quantitative estimate of drug-likeness (QED) is 0.833. The van der Waals surface area contributed by atoms with Gasteiger partial charge in [-0.2, -0.15) is 0 Å². The minimum Gasteiger partial charge on any atom is -0.326 e. The van der Waals surface area contributed by atoms with Gasteiger partial charge in [0.05, 0.1) is 5.02 Å². The molecule has 1 aromatic rings. The molecule has 2 atom stereocenters. The maximum absolute atomic E-state index is 12.6. The fourth-order valence-electron chi connectivity index (χ4n) is 2.81. The molecule has 0 radical (unpaired) electrons. The molecule has 0 heterocycles. The number of halogens is 1. The van der Waals surface area contributed by atoms with E-state index in [0.717, 1.165) is 24.8 Å². The number of rotatable bonds is 4. The molecule has 118 valence electrons. The van der Waals surface area contributed by atoms with Crippen LogP contribution in [0.15, 0.2) is 23.1 Å². The van der Waals surface area contributed by atoms with Gasteiger partial charge >= 0.3 is 0 Å². The zero-order valence-electron chi connectivity index (χ0n) is 12.3. The summed E-state index contributed by atoms with van der Waals surface area (Å²) >= 11 is 6.06. The molecule has 0 saturated heterocycles. The highest BCUT2D eigenvalue weighted by Gasteiger charge is 2.27. The van der Waals surface area contributed by atoms with Crippen molar-refractivity contribution in [1.29, 1.82) is 0 Å². The van der Waals surface area contributed by atoms with Crippen LogP contribution in [-0.2, 0) is 16.6 Å². The minimum atomic E-state index is -3.61. The molecule has 2 rings (SSSR count). The second-order valence-corrected chi connectivity index (χ2v) is 7.90. The van der Waals surface area contributed by atoms with Gasteiger partial charge in [-0.15, -0.1) is 0 Å². The molecule has 6 heteroatoms. The zero-order valence-corrected chi connectivity index (χ0v) is 13.9. The van der Waals surface area contributed by atoms with Crippen molar-refractivity contribution in [3.05, 3.63) is 28.8 Å². The van der Waals surface area contributed by atoms with Gasteiger partial charge in [0.25, 0.3) is 0 Å². The summed E-state index contributed by atoms with van der Waals surface area (Å²) < 4.78 is 28.1. The van der Waals surface area contributed by atoms with Crippen molar-refractivity contribution in [2.45, 2.75) is 56.5 Å². The first-order chi connectivity index (χ1) is 9.94. The van der Waals surface area contributed by atoms with Gasteiger partial charge in [-0.1, -0.05) is 43.9 Å². The minimum absolute atomic E-state index is 0.0184. The molecule has 4 nitrogen and oxygen atoms in total. The first kappa shape index (κ1) is 16.7. The molecule has 0 spiro atoms. The second kappa shape index (κ2) is 7.09. The highest BCUT2D eigenvalue weighted by Crippen LogP contribution is 2.27. The molecule has 1 fully saturated rings. The van der Waals surface area contributed by atoms with Crippen LogP contribution in [0, 0.1) is 5.92 Å². The average Bonchev–Trinajstić information content (AvgIpc) is 2.64. The van der Waals surface area contributed by atoms with Gasteiger partial charge in [-0.05, 0) is 36.5 Å². The lowest BCUT2D eigenvalue weighted by Crippen LogP contribution is -2.38. The first-order valence-electron chi connectivity index (χ1n) is 7.45. The summed E-state index contributed by atoms with van der Waals surface area (Å²) in [5, 5.41) is 0.237. The topological polar surface area (TPSA) is 72.2 Å². The Morgan fingerprint density at radius 1 is 1.29 bits per heavy atom. The van der Waals surface area contributed by atoms with Crippen LogP contribution in [0.4, 0.5) is 0 Å². The molecule has 0 aromatic heterocycles. The van der Waals surface area contributed by atoms with E-state index in [-0.39, 0.29) is 16.0 Å². The molecular weight excluding hydrogens is 308 g/mol. The standard InChI is InChI=1S/C15H23ClN2O2S/c1-11-5-3-2-4-6-14(11)18-21(19,20)15-9-12(10-17)7-8-13(15)16/h7-9,11,14,18H,2-6,10,17H2,1H3. The molecule has 1 saturated carbocycles.